The first kappa shape index (κ1) is 11.0. The van der Waals surface area contributed by atoms with E-state index in [2.05, 4.69) is 15.1 Å². The first-order valence-corrected chi connectivity index (χ1v) is 5.69. The Morgan fingerprint density at radius 3 is 2.89 bits per heavy atom. The number of hydrogen-bond donors (Lipinski definition) is 0. The molecule has 0 spiro atoms. The van der Waals surface area contributed by atoms with Crippen molar-refractivity contribution in [2.24, 2.45) is 0 Å². The average Bonchev–Trinajstić information content (AvgIpc) is 2.90. The monoisotopic (exact) mass is 245 g/mol. The van der Waals surface area contributed by atoms with Crippen LogP contribution in [0.15, 0.2) is 29.0 Å². The van der Waals surface area contributed by atoms with Crippen molar-refractivity contribution in [1.29, 1.82) is 0 Å². The molecule has 0 bridgehead atoms. The van der Waals surface area contributed by atoms with Gasteiger partial charge in [-0.15, -0.1) is 0 Å². The zero-order valence-electron chi connectivity index (χ0n) is 9.57. The number of ether oxygens (including phenoxy) is 1. The number of Topliss-reactive ketones (excluding diaryl/α,β-unsaturated/α-hetero) is 1. The predicted molar refractivity (Wildman–Crippen MR) is 60.7 cm³/mol. The van der Waals surface area contributed by atoms with Crippen molar-refractivity contribution in [3.05, 3.63) is 30.4 Å². The first-order chi connectivity index (χ1) is 8.84. The highest BCUT2D eigenvalue weighted by molar-refractivity contribution is 5.85. The van der Waals surface area contributed by atoms with Crippen LogP contribution < -0.4 is 0 Å². The maximum absolute atomic E-state index is 11.7. The van der Waals surface area contributed by atoms with Crippen molar-refractivity contribution >= 4 is 5.78 Å². The third-order valence-electron chi connectivity index (χ3n) is 2.84. The number of pyridine rings is 1. The molecule has 0 saturated carbocycles. The molecule has 6 nitrogen and oxygen atoms in total. The lowest BCUT2D eigenvalue weighted by Gasteiger charge is -2.16. The number of carbonyl (C=O) groups is 1. The predicted octanol–water partition coefficient (Wildman–Crippen LogP) is 1.20. The van der Waals surface area contributed by atoms with E-state index in [9.17, 15) is 4.79 Å². The molecule has 1 atom stereocenters. The van der Waals surface area contributed by atoms with E-state index in [0.717, 1.165) is 5.56 Å². The van der Waals surface area contributed by atoms with Crippen LogP contribution in [-0.2, 0) is 9.53 Å². The van der Waals surface area contributed by atoms with E-state index in [1.54, 1.807) is 24.5 Å². The van der Waals surface area contributed by atoms with Crippen LogP contribution in [0.3, 0.4) is 0 Å². The zero-order chi connectivity index (χ0) is 12.4. The van der Waals surface area contributed by atoms with E-state index >= 15 is 0 Å². The quantitative estimate of drug-likeness (QED) is 0.791. The highest BCUT2D eigenvalue weighted by atomic mass is 16.5. The summed E-state index contributed by atoms with van der Waals surface area (Å²) in [7, 11) is 0. The summed E-state index contributed by atoms with van der Waals surface area (Å²) in [5.41, 5.74) is 0.809. The molecule has 3 rings (SSSR count). The summed E-state index contributed by atoms with van der Waals surface area (Å²) in [4.78, 5) is 19.9. The van der Waals surface area contributed by atoms with Crippen molar-refractivity contribution < 1.29 is 14.1 Å². The summed E-state index contributed by atoms with van der Waals surface area (Å²) in [6, 6.07) is 3.57. The standard InChI is InChI=1S/C12H11N3O3/c16-10-3-6-17-7-9(10)12-14-11(15-18-12)8-1-4-13-5-2-8/h1-2,4-5,9H,3,6-7H2. The smallest absolute Gasteiger partial charge is 0.239 e. The van der Waals surface area contributed by atoms with Gasteiger partial charge in [-0.3, -0.25) is 9.78 Å². The molecular weight excluding hydrogens is 234 g/mol. The molecule has 92 valence electrons. The lowest BCUT2D eigenvalue weighted by Crippen LogP contribution is -2.25. The molecule has 0 amide bonds. The number of aromatic nitrogens is 3. The van der Waals surface area contributed by atoms with Crippen molar-refractivity contribution in [2.75, 3.05) is 13.2 Å². The van der Waals surface area contributed by atoms with Gasteiger partial charge in [0, 0.05) is 24.4 Å². The minimum atomic E-state index is -0.429. The summed E-state index contributed by atoms with van der Waals surface area (Å²) >= 11 is 0. The van der Waals surface area contributed by atoms with Gasteiger partial charge in [-0.1, -0.05) is 5.16 Å². The van der Waals surface area contributed by atoms with Crippen LogP contribution in [0.1, 0.15) is 18.2 Å². The molecule has 18 heavy (non-hydrogen) atoms. The van der Waals surface area contributed by atoms with Crippen LogP contribution in [-0.4, -0.2) is 34.1 Å². The summed E-state index contributed by atoms with van der Waals surface area (Å²) in [5.74, 6) is 0.449. The second-order valence-corrected chi connectivity index (χ2v) is 4.04. The topological polar surface area (TPSA) is 78.1 Å². The van der Waals surface area contributed by atoms with Crippen molar-refractivity contribution in [3.8, 4) is 11.4 Å². The number of ketones is 1. The second-order valence-electron chi connectivity index (χ2n) is 4.04. The zero-order valence-corrected chi connectivity index (χ0v) is 9.57. The Morgan fingerprint density at radius 2 is 2.11 bits per heavy atom. The highest BCUT2D eigenvalue weighted by Crippen LogP contribution is 2.23. The van der Waals surface area contributed by atoms with Gasteiger partial charge in [0.2, 0.25) is 11.7 Å². The minimum absolute atomic E-state index is 0.0891. The van der Waals surface area contributed by atoms with Gasteiger partial charge in [0.15, 0.2) is 0 Å². The molecule has 1 aliphatic heterocycles. The molecule has 0 aliphatic carbocycles. The Bertz CT molecular complexity index is 553. The SMILES string of the molecule is O=C1CCOCC1c1nc(-c2ccncc2)no1. The summed E-state index contributed by atoms with van der Waals surface area (Å²) in [6.45, 7) is 0.789. The molecule has 0 aromatic carbocycles. The Morgan fingerprint density at radius 1 is 1.28 bits per heavy atom. The Balaban J connectivity index is 1.87. The van der Waals surface area contributed by atoms with E-state index in [1.807, 2.05) is 0 Å². The van der Waals surface area contributed by atoms with E-state index < -0.39 is 5.92 Å². The number of rotatable bonds is 2. The Labute approximate surface area is 103 Å². The van der Waals surface area contributed by atoms with Gasteiger partial charge in [-0.05, 0) is 12.1 Å². The lowest BCUT2D eigenvalue weighted by molar-refractivity contribution is -0.127. The minimum Gasteiger partial charge on any atom is -0.380 e. The van der Waals surface area contributed by atoms with Gasteiger partial charge in [-0.2, -0.15) is 4.98 Å². The molecule has 1 aliphatic rings. The van der Waals surface area contributed by atoms with Gasteiger partial charge in [0.1, 0.15) is 11.7 Å². The van der Waals surface area contributed by atoms with Gasteiger partial charge in [0.05, 0.1) is 13.2 Å². The summed E-state index contributed by atoms with van der Waals surface area (Å²) in [6.07, 6.45) is 3.71. The third kappa shape index (κ3) is 2.02. The maximum atomic E-state index is 11.7. The van der Waals surface area contributed by atoms with Crippen LogP contribution in [0.4, 0.5) is 0 Å². The Hall–Kier alpha value is -2.08. The Kier molecular flexibility index (Phi) is 2.85. The van der Waals surface area contributed by atoms with Crippen LogP contribution in [0.25, 0.3) is 11.4 Å². The van der Waals surface area contributed by atoms with Crippen LogP contribution in [0, 0.1) is 0 Å². The van der Waals surface area contributed by atoms with Crippen LogP contribution >= 0.6 is 0 Å². The first-order valence-electron chi connectivity index (χ1n) is 5.69. The molecule has 6 heteroatoms. The number of hydrogen-bond acceptors (Lipinski definition) is 6. The molecule has 2 aromatic rings. The van der Waals surface area contributed by atoms with Gasteiger partial charge in [-0.25, -0.2) is 0 Å². The number of nitrogens with zero attached hydrogens (tertiary/aromatic N) is 3. The molecule has 2 aromatic heterocycles. The molecule has 1 saturated heterocycles. The normalized spacial score (nSPS) is 20.0. The fourth-order valence-electron chi connectivity index (χ4n) is 1.85. The van der Waals surface area contributed by atoms with Crippen molar-refractivity contribution in [2.45, 2.75) is 12.3 Å². The van der Waals surface area contributed by atoms with E-state index in [-0.39, 0.29) is 5.78 Å². The van der Waals surface area contributed by atoms with Crippen molar-refractivity contribution in [3.63, 3.8) is 0 Å². The molecule has 0 radical (unpaired) electrons. The molecular formula is C12H11N3O3. The maximum Gasteiger partial charge on any atom is 0.239 e. The van der Waals surface area contributed by atoms with Crippen molar-refractivity contribution in [1.82, 2.24) is 15.1 Å². The molecule has 1 fully saturated rings. The van der Waals surface area contributed by atoms with Crippen LogP contribution in [0.2, 0.25) is 0 Å². The van der Waals surface area contributed by atoms with Gasteiger partial charge < -0.3 is 9.26 Å². The fraction of sp³-hybridized carbons (Fsp3) is 0.333. The largest absolute Gasteiger partial charge is 0.380 e. The second kappa shape index (κ2) is 4.66. The van der Waals surface area contributed by atoms with Gasteiger partial charge >= 0.3 is 0 Å². The van der Waals surface area contributed by atoms with Gasteiger partial charge in [0.25, 0.3) is 0 Å². The highest BCUT2D eigenvalue weighted by Gasteiger charge is 2.29. The molecule has 3 heterocycles. The summed E-state index contributed by atoms with van der Waals surface area (Å²) in [5, 5.41) is 3.87. The van der Waals surface area contributed by atoms with Crippen LogP contribution in [0.5, 0.6) is 0 Å². The molecule has 0 N–H and O–H groups in total. The fourth-order valence-corrected chi connectivity index (χ4v) is 1.85. The number of carbonyl (C=O) groups excluding carboxylic acids is 1. The van der Waals surface area contributed by atoms with E-state index in [1.165, 1.54) is 0 Å². The molecule has 1 unspecified atom stereocenters. The lowest BCUT2D eigenvalue weighted by atomic mass is 10.0. The average molecular weight is 245 g/mol. The van der Waals surface area contributed by atoms with E-state index in [4.69, 9.17) is 9.26 Å². The third-order valence-corrected chi connectivity index (χ3v) is 2.84. The summed E-state index contributed by atoms with van der Waals surface area (Å²) < 4.78 is 10.4. The van der Waals surface area contributed by atoms with E-state index in [0.29, 0.717) is 31.3 Å².